The maximum Gasteiger partial charge on any atom is 0.145 e. The highest BCUT2D eigenvalue weighted by Gasteiger charge is 2.31. The normalized spacial score (nSPS) is 16.2. The zero-order chi connectivity index (χ0) is 14.3. The molecular formula is C16H14BrF2N. The molecule has 0 aromatic heterocycles. The second-order valence-electron chi connectivity index (χ2n) is 5.22. The third-order valence-corrected chi connectivity index (χ3v) is 4.62. The minimum absolute atomic E-state index is 0.0165. The number of hydrogen-bond donors (Lipinski definition) is 1. The van der Waals surface area contributed by atoms with Crippen LogP contribution in [0, 0.1) is 17.6 Å². The lowest BCUT2D eigenvalue weighted by molar-refractivity contribution is 0.415. The van der Waals surface area contributed by atoms with Gasteiger partial charge in [0.2, 0.25) is 0 Å². The van der Waals surface area contributed by atoms with Crippen molar-refractivity contribution in [3.8, 4) is 0 Å². The van der Waals surface area contributed by atoms with Gasteiger partial charge >= 0.3 is 0 Å². The van der Waals surface area contributed by atoms with Gasteiger partial charge in [-0.15, -0.1) is 0 Å². The lowest BCUT2D eigenvalue weighted by Gasteiger charge is -2.21. The molecule has 0 radical (unpaired) electrons. The minimum Gasteiger partial charge on any atom is -0.324 e. The van der Waals surface area contributed by atoms with Crippen LogP contribution in [0.25, 0.3) is 0 Å². The Morgan fingerprint density at radius 1 is 1.05 bits per heavy atom. The third-order valence-electron chi connectivity index (χ3n) is 4.00. The number of fused-ring (bicyclic) bond motifs is 1. The van der Waals surface area contributed by atoms with E-state index in [1.54, 1.807) is 0 Å². The summed E-state index contributed by atoms with van der Waals surface area (Å²) in [5.74, 6) is -1.13. The van der Waals surface area contributed by atoms with E-state index in [4.69, 9.17) is 5.73 Å². The molecule has 2 N–H and O–H groups in total. The fraction of sp³-hybridized carbons (Fsp3) is 0.250. The van der Waals surface area contributed by atoms with Gasteiger partial charge in [0.1, 0.15) is 11.6 Å². The van der Waals surface area contributed by atoms with Gasteiger partial charge in [0.05, 0.1) is 4.47 Å². The average molecular weight is 338 g/mol. The Kier molecular flexibility index (Phi) is 3.61. The van der Waals surface area contributed by atoms with Gasteiger partial charge in [-0.05, 0) is 57.9 Å². The van der Waals surface area contributed by atoms with Crippen molar-refractivity contribution in [3.63, 3.8) is 0 Å². The maximum atomic E-state index is 14.1. The summed E-state index contributed by atoms with van der Waals surface area (Å²) in [6.07, 6.45) is 1.53. The molecule has 4 heteroatoms. The first kappa shape index (κ1) is 13.7. The monoisotopic (exact) mass is 337 g/mol. The Bertz CT molecular complexity index is 632. The Labute approximate surface area is 124 Å². The fourth-order valence-electron chi connectivity index (χ4n) is 2.93. The summed E-state index contributed by atoms with van der Waals surface area (Å²) in [6.45, 7) is 0. The van der Waals surface area contributed by atoms with Crippen LogP contribution < -0.4 is 5.73 Å². The first-order chi connectivity index (χ1) is 9.58. The van der Waals surface area contributed by atoms with Crippen molar-refractivity contribution < 1.29 is 8.78 Å². The topological polar surface area (TPSA) is 26.0 Å². The predicted octanol–water partition coefficient (Wildman–Crippen LogP) is 4.14. The van der Waals surface area contributed by atoms with Crippen molar-refractivity contribution in [3.05, 3.63) is 69.2 Å². The molecule has 1 unspecified atom stereocenters. The van der Waals surface area contributed by atoms with Gasteiger partial charge in [0, 0.05) is 11.6 Å². The molecule has 0 fully saturated rings. The highest BCUT2D eigenvalue weighted by molar-refractivity contribution is 9.10. The molecule has 1 nitrogen and oxygen atoms in total. The van der Waals surface area contributed by atoms with Crippen LogP contribution in [-0.4, -0.2) is 0 Å². The number of nitrogens with two attached hydrogens (primary N) is 1. The molecule has 0 spiro atoms. The minimum atomic E-state index is -0.639. The average Bonchev–Trinajstić information content (AvgIpc) is 2.87. The SMILES string of the molecule is NC(c1c(F)ccc(Br)c1F)C1Cc2ccccc2C1. The predicted molar refractivity (Wildman–Crippen MR) is 78.3 cm³/mol. The molecule has 2 aromatic carbocycles. The van der Waals surface area contributed by atoms with Gasteiger partial charge in [-0.2, -0.15) is 0 Å². The Morgan fingerprint density at radius 2 is 1.65 bits per heavy atom. The van der Waals surface area contributed by atoms with Crippen LogP contribution in [0.3, 0.4) is 0 Å². The number of benzene rings is 2. The van der Waals surface area contributed by atoms with Gasteiger partial charge in [0.15, 0.2) is 0 Å². The maximum absolute atomic E-state index is 14.1. The molecule has 0 aliphatic heterocycles. The van der Waals surface area contributed by atoms with E-state index in [1.807, 2.05) is 12.1 Å². The molecule has 20 heavy (non-hydrogen) atoms. The molecule has 3 rings (SSSR count). The van der Waals surface area contributed by atoms with Crippen LogP contribution in [-0.2, 0) is 12.8 Å². The first-order valence-corrected chi connectivity index (χ1v) is 7.33. The highest BCUT2D eigenvalue weighted by atomic mass is 79.9. The summed E-state index contributed by atoms with van der Waals surface area (Å²) in [7, 11) is 0. The first-order valence-electron chi connectivity index (χ1n) is 6.53. The largest absolute Gasteiger partial charge is 0.324 e. The van der Waals surface area contributed by atoms with Crippen molar-refractivity contribution >= 4 is 15.9 Å². The summed E-state index contributed by atoms with van der Waals surface area (Å²) >= 11 is 3.09. The highest BCUT2D eigenvalue weighted by Crippen LogP contribution is 2.36. The van der Waals surface area contributed by atoms with Gasteiger partial charge in [-0.1, -0.05) is 24.3 Å². The van der Waals surface area contributed by atoms with E-state index < -0.39 is 17.7 Å². The number of rotatable bonds is 2. The standard InChI is InChI=1S/C16H14BrF2N/c17-12-5-6-13(18)14(15(12)19)16(20)11-7-9-3-1-2-4-10(9)8-11/h1-6,11,16H,7-8,20H2. The molecule has 0 amide bonds. The Balaban J connectivity index is 1.92. The van der Waals surface area contributed by atoms with Crippen LogP contribution in [0.5, 0.6) is 0 Å². The summed E-state index contributed by atoms with van der Waals surface area (Å²) < 4.78 is 28.3. The summed E-state index contributed by atoms with van der Waals surface area (Å²) in [4.78, 5) is 0. The molecule has 0 saturated carbocycles. The van der Waals surface area contributed by atoms with Crippen molar-refractivity contribution in [1.29, 1.82) is 0 Å². The van der Waals surface area contributed by atoms with Crippen LogP contribution in [0.4, 0.5) is 8.78 Å². The van der Waals surface area contributed by atoms with Gasteiger partial charge in [-0.25, -0.2) is 8.78 Å². The summed E-state index contributed by atoms with van der Waals surface area (Å²) in [5.41, 5.74) is 8.58. The lowest BCUT2D eigenvalue weighted by atomic mass is 9.90. The smallest absolute Gasteiger partial charge is 0.145 e. The molecule has 1 aliphatic rings. The molecule has 104 valence electrons. The van der Waals surface area contributed by atoms with Gasteiger partial charge in [0.25, 0.3) is 0 Å². The third kappa shape index (κ3) is 2.27. The molecule has 0 heterocycles. The number of hydrogen-bond acceptors (Lipinski definition) is 1. The second kappa shape index (κ2) is 5.26. The van der Waals surface area contributed by atoms with E-state index in [-0.39, 0.29) is 16.0 Å². The van der Waals surface area contributed by atoms with Crippen molar-refractivity contribution in [2.45, 2.75) is 18.9 Å². The van der Waals surface area contributed by atoms with E-state index in [1.165, 1.54) is 23.3 Å². The number of halogens is 3. The van der Waals surface area contributed by atoms with Crippen LogP contribution in [0.2, 0.25) is 0 Å². The van der Waals surface area contributed by atoms with Crippen molar-refractivity contribution in [2.24, 2.45) is 11.7 Å². The van der Waals surface area contributed by atoms with Gasteiger partial charge < -0.3 is 5.73 Å². The molecule has 0 saturated heterocycles. The van der Waals surface area contributed by atoms with E-state index in [9.17, 15) is 8.78 Å². The molecule has 1 atom stereocenters. The molecule has 1 aliphatic carbocycles. The van der Waals surface area contributed by atoms with Crippen LogP contribution >= 0.6 is 15.9 Å². The van der Waals surface area contributed by atoms with E-state index in [0.717, 1.165) is 12.8 Å². The molecular weight excluding hydrogens is 324 g/mol. The zero-order valence-electron chi connectivity index (χ0n) is 10.7. The molecule has 0 bridgehead atoms. The van der Waals surface area contributed by atoms with E-state index in [0.29, 0.717) is 0 Å². The summed E-state index contributed by atoms with van der Waals surface area (Å²) in [5, 5.41) is 0. The fourth-order valence-corrected chi connectivity index (χ4v) is 3.28. The second-order valence-corrected chi connectivity index (χ2v) is 6.07. The van der Waals surface area contributed by atoms with Gasteiger partial charge in [-0.3, -0.25) is 0 Å². The Morgan fingerprint density at radius 3 is 2.25 bits per heavy atom. The summed E-state index contributed by atoms with van der Waals surface area (Å²) in [6, 6.07) is 10.0. The van der Waals surface area contributed by atoms with E-state index >= 15 is 0 Å². The van der Waals surface area contributed by atoms with Crippen LogP contribution in [0.15, 0.2) is 40.9 Å². The van der Waals surface area contributed by atoms with Crippen molar-refractivity contribution in [1.82, 2.24) is 0 Å². The lowest BCUT2D eigenvalue weighted by Crippen LogP contribution is -2.24. The van der Waals surface area contributed by atoms with E-state index in [2.05, 4.69) is 28.1 Å². The molecule has 2 aromatic rings. The Hall–Kier alpha value is -1.26. The van der Waals surface area contributed by atoms with Crippen LogP contribution in [0.1, 0.15) is 22.7 Å². The zero-order valence-corrected chi connectivity index (χ0v) is 12.3. The van der Waals surface area contributed by atoms with Crippen molar-refractivity contribution in [2.75, 3.05) is 0 Å². The quantitative estimate of drug-likeness (QED) is 0.819.